The second kappa shape index (κ2) is 5.13. The van der Waals surface area contributed by atoms with Gasteiger partial charge in [-0.25, -0.2) is 0 Å². The summed E-state index contributed by atoms with van der Waals surface area (Å²) in [5.41, 5.74) is 0. The molecule has 1 rings (SSSR count). The quantitative estimate of drug-likeness (QED) is 0.666. The molecular formula is C9H17N3. The van der Waals surface area contributed by atoms with Gasteiger partial charge in [-0.05, 0) is 26.4 Å². The van der Waals surface area contributed by atoms with Crippen molar-refractivity contribution >= 4 is 0 Å². The van der Waals surface area contributed by atoms with Crippen molar-refractivity contribution in [2.24, 2.45) is 0 Å². The maximum absolute atomic E-state index is 8.38. The largest absolute Gasteiger partial charge is 0.313 e. The van der Waals surface area contributed by atoms with Crippen molar-refractivity contribution in [1.82, 2.24) is 10.2 Å². The van der Waals surface area contributed by atoms with Gasteiger partial charge in [0.25, 0.3) is 0 Å². The van der Waals surface area contributed by atoms with E-state index in [1.807, 2.05) is 0 Å². The lowest BCUT2D eigenvalue weighted by Crippen LogP contribution is -2.35. The zero-order chi connectivity index (χ0) is 8.81. The molecule has 0 spiro atoms. The van der Waals surface area contributed by atoms with Crippen LogP contribution in [0.1, 0.15) is 19.3 Å². The predicted molar refractivity (Wildman–Crippen MR) is 48.8 cm³/mol. The van der Waals surface area contributed by atoms with Crippen LogP contribution in [0.25, 0.3) is 0 Å². The van der Waals surface area contributed by atoms with Gasteiger partial charge in [0.2, 0.25) is 0 Å². The van der Waals surface area contributed by atoms with Gasteiger partial charge < -0.3 is 10.2 Å². The van der Waals surface area contributed by atoms with Crippen LogP contribution < -0.4 is 5.32 Å². The molecule has 0 aromatic heterocycles. The second-order valence-corrected chi connectivity index (χ2v) is 3.46. The van der Waals surface area contributed by atoms with E-state index in [1.54, 1.807) is 0 Å². The van der Waals surface area contributed by atoms with Gasteiger partial charge >= 0.3 is 0 Å². The van der Waals surface area contributed by atoms with Crippen molar-refractivity contribution in [2.45, 2.75) is 25.3 Å². The van der Waals surface area contributed by atoms with Crippen molar-refractivity contribution in [3.63, 3.8) is 0 Å². The van der Waals surface area contributed by atoms with Gasteiger partial charge in [-0.3, -0.25) is 0 Å². The smallest absolute Gasteiger partial charge is 0.0635 e. The lowest BCUT2D eigenvalue weighted by Gasteiger charge is -2.19. The first-order valence-electron chi connectivity index (χ1n) is 4.62. The van der Waals surface area contributed by atoms with E-state index in [0.29, 0.717) is 12.5 Å². The number of rotatable bonds is 4. The lowest BCUT2D eigenvalue weighted by atomic mass is 10.2. The van der Waals surface area contributed by atoms with Crippen LogP contribution in [0.15, 0.2) is 0 Å². The first-order valence-corrected chi connectivity index (χ1v) is 4.62. The van der Waals surface area contributed by atoms with E-state index in [-0.39, 0.29) is 0 Å². The summed E-state index contributed by atoms with van der Waals surface area (Å²) in [6.07, 6.45) is 3.23. The standard InChI is InChI=1S/C9H17N3/c1-12(7-3-5-10)8-9-4-2-6-11-9/h9,11H,2-4,6-8H2,1H3. The van der Waals surface area contributed by atoms with Crippen LogP contribution in [-0.4, -0.2) is 37.6 Å². The molecule has 1 saturated heterocycles. The highest BCUT2D eigenvalue weighted by molar-refractivity contribution is 4.78. The van der Waals surface area contributed by atoms with Crippen molar-refractivity contribution < 1.29 is 0 Å². The maximum Gasteiger partial charge on any atom is 0.0635 e. The average Bonchev–Trinajstić information content (AvgIpc) is 2.53. The predicted octanol–water partition coefficient (Wildman–Crippen LogP) is 0.584. The number of nitrogens with one attached hydrogen (secondary N) is 1. The Hall–Kier alpha value is -0.590. The molecule has 1 atom stereocenters. The molecule has 0 aliphatic carbocycles. The lowest BCUT2D eigenvalue weighted by molar-refractivity contribution is 0.306. The summed E-state index contributed by atoms with van der Waals surface area (Å²) in [5, 5.41) is 11.8. The van der Waals surface area contributed by atoms with E-state index < -0.39 is 0 Å². The van der Waals surface area contributed by atoms with E-state index in [4.69, 9.17) is 5.26 Å². The van der Waals surface area contributed by atoms with E-state index in [2.05, 4.69) is 23.3 Å². The molecule has 1 heterocycles. The number of nitrogens with zero attached hydrogens (tertiary/aromatic N) is 2. The highest BCUT2D eigenvalue weighted by Crippen LogP contribution is 2.05. The summed E-state index contributed by atoms with van der Waals surface area (Å²) in [7, 11) is 2.08. The Balaban J connectivity index is 2.08. The minimum absolute atomic E-state index is 0.642. The Bertz CT molecular complexity index is 156. The fourth-order valence-electron chi connectivity index (χ4n) is 1.62. The third kappa shape index (κ3) is 3.21. The normalized spacial score (nSPS) is 22.9. The summed E-state index contributed by atoms with van der Waals surface area (Å²) in [5.74, 6) is 0. The van der Waals surface area contributed by atoms with Crippen LogP contribution in [0.2, 0.25) is 0 Å². The molecule has 0 saturated carbocycles. The summed E-state index contributed by atoms with van der Waals surface area (Å²) < 4.78 is 0. The molecule has 1 aliphatic rings. The van der Waals surface area contributed by atoms with Gasteiger partial charge in [0.1, 0.15) is 0 Å². The van der Waals surface area contributed by atoms with Crippen LogP contribution in [0.5, 0.6) is 0 Å². The minimum Gasteiger partial charge on any atom is -0.313 e. The van der Waals surface area contributed by atoms with Gasteiger partial charge in [0, 0.05) is 25.6 Å². The summed E-state index contributed by atoms with van der Waals surface area (Å²) in [6, 6.07) is 2.82. The third-order valence-corrected chi connectivity index (χ3v) is 2.30. The van der Waals surface area contributed by atoms with Gasteiger partial charge in [-0.2, -0.15) is 5.26 Å². The topological polar surface area (TPSA) is 39.1 Å². The van der Waals surface area contributed by atoms with Crippen molar-refractivity contribution in [3.05, 3.63) is 0 Å². The molecule has 1 fully saturated rings. The number of likely N-dealkylation sites (N-methyl/N-ethyl adjacent to an activating group) is 1. The van der Waals surface area contributed by atoms with Crippen LogP contribution in [0, 0.1) is 11.3 Å². The first-order chi connectivity index (χ1) is 5.83. The Kier molecular flexibility index (Phi) is 4.06. The van der Waals surface area contributed by atoms with Crippen LogP contribution in [0.4, 0.5) is 0 Å². The van der Waals surface area contributed by atoms with Crippen LogP contribution in [-0.2, 0) is 0 Å². The fraction of sp³-hybridized carbons (Fsp3) is 0.889. The van der Waals surface area contributed by atoms with Crippen molar-refractivity contribution in [1.29, 1.82) is 5.26 Å². The average molecular weight is 167 g/mol. The van der Waals surface area contributed by atoms with Crippen LogP contribution in [0.3, 0.4) is 0 Å². The Morgan fingerprint density at radius 3 is 3.08 bits per heavy atom. The molecule has 1 N–H and O–H groups in total. The van der Waals surface area contributed by atoms with Gasteiger partial charge in [-0.15, -0.1) is 0 Å². The molecule has 1 unspecified atom stereocenters. The van der Waals surface area contributed by atoms with Crippen LogP contribution >= 0.6 is 0 Å². The molecule has 68 valence electrons. The fourth-order valence-corrected chi connectivity index (χ4v) is 1.62. The SMILES string of the molecule is CN(CCC#N)CC1CCCN1. The molecule has 1 aliphatic heterocycles. The van der Waals surface area contributed by atoms with Gasteiger partial charge in [0.05, 0.1) is 6.07 Å². The third-order valence-electron chi connectivity index (χ3n) is 2.30. The molecule has 0 amide bonds. The zero-order valence-corrected chi connectivity index (χ0v) is 7.71. The Labute approximate surface area is 74.4 Å². The molecule has 0 bridgehead atoms. The molecule has 12 heavy (non-hydrogen) atoms. The minimum atomic E-state index is 0.642. The Morgan fingerprint density at radius 1 is 1.67 bits per heavy atom. The van der Waals surface area contributed by atoms with E-state index in [0.717, 1.165) is 19.6 Å². The number of hydrogen-bond donors (Lipinski definition) is 1. The van der Waals surface area contributed by atoms with Crippen molar-refractivity contribution in [3.8, 4) is 6.07 Å². The summed E-state index contributed by atoms with van der Waals surface area (Å²) >= 11 is 0. The number of hydrogen-bond acceptors (Lipinski definition) is 3. The Morgan fingerprint density at radius 2 is 2.50 bits per heavy atom. The first kappa shape index (κ1) is 9.50. The molecule has 3 nitrogen and oxygen atoms in total. The highest BCUT2D eigenvalue weighted by atomic mass is 15.1. The van der Waals surface area contributed by atoms with Gasteiger partial charge in [0.15, 0.2) is 0 Å². The van der Waals surface area contributed by atoms with Gasteiger partial charge in [-0.1, -0.05) is 0 Å². The summed E-state index contributed by atoms with van der Waals surface area (Å²) in [6.45, 7) is 3.15. The van der Waals surface area contributed by atoms with E-state index in [9.17, 15) is 0 Å². The number of nitriles is 1. The van der Waals surface area contributed by atoms with E-state index in [1.165, 1.54) is 12.8 Å². The van der Waals surface area contributed by atoms with Crippen molar-refractivity contribution in [2.75, 3.05) is 26.7 Å². The molecule has 0 radical (unpaired) electrons. The monoisotopic (exact) mass is 167 g/mol. The summed E-state index contributed by atoms with van der Waals surface area (Å²) in [4.78, 5) is 2.23. The molecule has 3 heteroatoms. The molecule has 0 aromatic carbocycles. The zero-order valence-electron chi connectivity index (χ0n) is 7.71. The maximum atomic E-state index is 8.38. The van der Waals surface area contributed by atoms with E-state index >= 15 is 0 Å². The molecule has 0 aromatic rings. The highest BCUT2D eigenvalue weighted by Gasteiger charge is 2.15. The molecular weight excluding hydrogens is 150 g/mol. The second-order valence-electron chi connectivity index (χ2n) is 3.46.